The molecule has 1 unspecified atom stereocenters. The van der Waals surface area contributed by atoms with Crippen LogP contribution in [0.15, 0.2) is 22.7 Å². The van der Waals surface area contributed by atoms with Crippen LogP contribution < -0.4 is 4.72 Å². The Labute approximate surface area is 109 Å². The molecule has 0 amide bonds. The highest BCUT2D eigenvalue weighted by Gasteiger charge is 2.17. The van der Waals surface area contributed by atoms with E-state index in [9.17, 15) is 13.5 Å². The first-order valence-electron chi connectivity index (χ1n) is 4.86. The minimum absolute atomic E-state index is 0.0232. The lowest BCUT2D eigenvalue weighted by Gasteiger charge is -2.13. The topological polar surface area (TPSA) is 75.6 Å². The summed E-state index contributed by atoms with van der Waals surface area (Å²) >= 11 is 3.11. The van der Waals surface area contributed by atoms with Crippen molar-refractivity contribution in [3.63, 3.8) is 0 Å². The van der Waals surface area contributed by atoms with Crippen LogP contribution in [0, 0.1) is 0 Å². The van der Waals surface area contributed by atoms with Crippen molar-refractivity contribution < 1.29 is 18.3 Å². The van der Waals surface area contributed by atoms with Gasteiger partial charge in [-0.3, -0.25) is 4.72 Å². The van der Waals surface area contributed by atoms with Gasteiger partial charge in [-0.2, -0.15) is 0 Å². The van der Waals surface area contributed by atoms with Gasteiger partial charge in [0.05, 0.1) is 22.0 Å². The zero-order chi connectivity index (χ0) is 13.1. The normalized spacial score (nSPS) is 13.4. The summed E-state index contributed by atoms with van der Waals surface area (Å²) in [4.78, 5) is 0. The summed E-state index contributed by atoms with van der Waals surface area (Å²) in [6, 6.07) is 4.57. The van der Waals surface area contributed by atoms with E-state index < -0.39 is 16.1 Å². The van der Waals surface area contributed by atoms with Crippen molar-refractivity contribution >= 4 is 31.6 Å². The minimum Gasteiger partial charge on any atom is -0.507 e. The Morgan fingerprint density at radius 3 is 2.76 bits per heavy atom. The Morgan fingerprint density at radius 1 is 1.53 bits per heavy atom. The van der Waals surface area contributed by atoms with Crippen LogP contribution in [0.3, 0.4) is 0 Å². The van der Waals surface area contributed by atoms with Gasteiger partial charge in [-0.25, -0.2) is 8.42 Å². The second kappa shape index (κ2) is 5.70. The molecule has 0 aliphatic carbocycles. The van der Waals surface area contributed by atoms with Crippen LogP contribution in [0.25, 0.3) is 0 Å². The molecule has 0 heterocycles. The van der Waals surface area contributed by atoms with Gasteiger partial charge in [-0.05, 0) is 35.0 Å². The lowest BCUT2D eigenvalue weighted by atomic mass is 10.3. The Bertz CT molecular complexity index is 489. The molecule has 0 aliphatic rings. The second-order valence-corrected chi connectivity index (χ2v) is 6.13. The van der Waals surface area contributed by atoms with E-state index in [1.54, 1.807) is 19.1 Å². The number of halogens is 1. The second-order valence-electron chi connectivity index (χ2n) is 3.57. The van der Waals surface area contributed by atoms with Gasteiger partial charge >= 0.3 is 0 Å². The quantitative estimate of drug-likeness (QED) is 0.868. The van der Waals surface area contributed by atoms with E-state index in [0.717, 1.165) is 0 Å². The number of aromatic hydroxyl groups is 1. The molecule has 1 aromatic carbocycles. The van der Waals surface area contributed by atoms with Crippen LogP contribution in [0.4, 0.5) is 5.69 Å². The van der Waals surface area contributed by atoms with Gasteiger partial charge in [-0.1, -0.05) is 6.07 Å². The van der Waals surface area contributed by atoms with E-state index in [4.69, 9.17) is 4.74 Å². The average Bonchev–Trinajstić information content (AvgIpc) is 2.23. The Balaban J connectivity index is 2.87. The highest BCUT2D eigenvalue weighted by atomic mass is 79.9. The zero-order valence-corrected chi connectivity index (χ0v) is 11.9. The Hall–Kier alpha value is -0.790. The van der Waals surface area contributed by atoms with Crippen LogP contribution in [0.5, 0.6) is 5.75 Å². The third-order valence-corrected chi connectivity index (χ3v) is 4.37. The molecule has 0 spiro atoms. The zero-order valence-electron chi connectivity index (χ0n) is 9.47. The first kappa shape index (κ1) is 14.3. The first-order chi connectivity index (χ1) is 7.85. The number of sulfonamides is 1. The summed E-state index contributed by atoms with van der Waals surface area (Å²) in [5, 5.41) is 9.42. The van der Waals surface area contributed by atoms with E-state index in [-0.39, 0.29) is 11.5 Å². The minimum atomic E-state index is -3.50. The molecule has 1 rings (SSSR count). The molecule has 0 fully saturated rings. The SMILES string of the molecule is COC(C)CS(=O)(=O)Nc1cccc(O)c1Br. The third kappa shape index (κ3) is 4.18. The Kier molecular flexibility index (Phi) is 4.79. The average molecular weight is 324 g/mol. The van der Waals surface area contributed by atoms with Crippen LogP contribution in [-0.4, -0.2) is 32.5 Å². The van der Waals surface area contributed by atoms with Crippen LogP contribution >= 0.6 is 15.9 Å². The smallest absolute Gasteiger partial charge is 0.235 e. The van der Waals surface area contributed by atoms with Gasteiger partial charge in [0, 0.05) is 7.11 Å². The number of nitrogens with one attached hydrogen (secondary N) is 1. The lowest BCUT2D eigenvalue weighted by molar-refractivity contribution is 0.136. The van der Waals surface area contributed by atoms with Gasteiger partial charge in [0.1, 0.15) is 5.75 Å². The molecule has 5 nitrogen and oxygen atoms in total. The van der Waals surface area contributed by atoms with E-state index in [2.05, 4.69) is 20.7 Å². The van der Waals surface area contributed by atoms with Gasteiger partial charge in [0.25, 0.3) is 0 Å². The van der Waals surface area contributed by atoms with Crippen molar-refractivity contribution in [2.24, 2.45) is 0 Å². The van der Waals surface area contributed by atoms with Crippen molar-refractivity contribution in [3.8, 4) is 5.75 Å². The highest BCUT2D eigenvalue weighted by Crippen LogP contribution is 2.31. The number of benzene rings is 1. The summed E-state index contributed by atoms with van der Waals surface area (Å²) in [6.45, 7) is 1.66. The lowest BCUT2D eigenvalue weighted by Crippen LogP contribution is -2.25. The molecule has 0 radical (unpaired) electrons. The molecule has 1 atom stereocenters. The van der Waals surface area contributed by atoms with Gasteiger partial charge in [-0.15, -0.1) is 0 Å². The fraction of sp³-hybridized carbons (Fsp3) is 0.400. The highest BCUT2D eigenvalue weighted by molar-refractivity contribution is 9.10. The summed E-state index contributed by atoms with van der Waals surface area (Å²) < 4.78 is 31.1. The molecule has 0 saturated heterocycles. The fourth-order valence-corrected chi connectivity index (χ4v) is 3.02. The molecule has 0 bridgehead atoms. The number of ether oxygens (including phenoxy) is 1. The van der Waals surface area contributed by atoms with Crippen molar-refractivity contribution in [2.75, 3.05) is 17.6 Å². The van der Waals surface area contributed by atoms with Crippen LogP contribution in [0.2, 0.25) is 0 Å². The molecule has 2 N–H and O–H groups in total. The number of hydrogen-bond acceptors (Lipinski definition) is 4. The fourth-order valence-electron chi connectivity index (χ4n) is 1.18. The van der Waals surface area contributed by atoms with E-state index >= 15 is 0 Å². The Morgan fingerprint density at radius 2 is 2.18 bits per heavy atom. The maximum atomic E-state index is 11.7. The maximum Gasteiger partial charge on any atom is 0.235 e. The maximum absolute atomic E-state index is 11.7. The van der Waals surface area contributed by atoms with E-state index in [1.165, 1.54) is 13.2 Å². The molecule has 0 aliphatic heterocycles. The number of phenols is 1. The van der Waals surface area contributed by atoms with Gasteiger partial charge in [0.15, 0.2) is 0 Å². The molecular formula is C10H14BrNO4S. The van der Waals surface area contributed by atoms with Crippen LogP contribution in [-0.2, 0) is 14.8 Å². The molecule has 7 heteroatoms. The van der Waals surface area contributed by atoms with Crippen molar-refractivity contribution in [1.82, 2.24) is 0 Å². The van der Waals surface area contributed by atoms with Gasteiger partial charge in [0.2, 0.25) is 10.0 Å². The van der Waals surface area contributed by atoms with Crippen molar-refractivity contribution in [3.05, 3.63) is 22.7 Å². The van der Waals surface area contributed by atoms with Crippen molar-refractivity contribution in [2.45, 2.75) is 13.0 Å². The summed E-state index contributed by atoms with van der Waals surface area (Å²) in [5.41, 5.74) is 0.299. The molecular weight excluding hydrogens is 310 g/mol. The molecule has 17 heavy (non-hydrogen) atoms. The monoisotopic (exact) mass is 323 g/mol. The summed E-state index contributed by atoms with van der Waals surface area (Å²) in [6.07, 6.45) is -0.399. The summed E-state index contributed by atoms with van der Waals surface area (Å²) in [5.74, 6) is -0.170. The standard InChI is InChI=1S/C10H14BrNO4S/c1-7(16-2)6-17(14,15)12-8-4-3-5-9(13)10(8)11/h3-5,7,12-13H,6H2,1-2H3. The third-order valence-electron chi connectivity index (χ3n) is 2.10. The molecule has 96 valence electrons. The van der Waals surface area contributed by atoms with Crippen molar-refractivity contribution in [1.29, 1.82) is 0 Å². The predicted molar refractivity (Wildman–Crippen MR) is 69.7 cm³/mol. The number of hydrogen-bond donors (Lipinski definition) is 2. The first-order valence-corrected chi connectivity index (χ1v) is 7.31. The number of anilines is 1. The predicted octanol–water partition coefficient (Wildman–Crippen LogP) is 1.93. The number of methoxy groups -OCH3 is 1. The van der Waals surface area contributed by atoms with E-state index in [1.807, 2.05) is 0 Å². The number of phenolic OH excluding ortho intramolecular Hbond substituents is 1. The molecule has 0 aromatic heterocycles. The summed E-state index contributed by atoms with van der Waals surface area (Å²) in [7, 11) is -2.05. The number of rotatable bonds is 5. The molecule has 0 saturated carbocycles. The van der Waals surface area contributed by atoms with E-state index in [0.29, 0.717) is 10.2 Å². The van der Waals surface area contributed by atoms with Crippen LogP contribution in [0.1, 0.15) is 6.92 Å². The van der Waals surface area contributed by atoms with Gasteiger partial charge < -0.3 is 9.84 Å². The largest absolute Gasteiger partial charge is 0.507 e. The molecule has 1 aromatic rings.